The summed E-state index contributed by atoms with van der Waals surface area (Å²) in [4.78, 5) is 12.5. The van der Waals surface area contributed by atoms with Crippen LogP contribution in [0.5, 0.6) is 5.75 Å². The van der Waals surface area contributed by atoms with E-state index in [1.807, 2.05) is 79.2 Å². The van der Waals surface area contributed by atoms with E-state index in [9.17, 15) is 4.79 Å². The number of rotatable bonds is 7. The van der Waals surface area contributed by atoms with Crippen molar-refractivity contribution in [2.75, 3.05) is 17.7 Å². The summed E-state index contributed by atoms with van der Waals surface area (Å²) < 4.78 is 7.26. The van der Waals surface area contributed by atoms with Crippen LogP contribution in [0, 0.1) is 6.92 Å². The molecular formula is C26H25Cl2N5O2. The molecule has 1 aromatic heterocycles. The van der Waals surface area contributed by atoms with Crippen LogP contribution in [0.1, 0.15) is 17.0 Å². The van der Waals surface area contributed by atoms with Crippen molar-refractivity contribution in [2.24, 2.45) is 7.05 Å². The summed E-state index contributed by atoms with van der Waals surface area (Å²) in [6, 6.07) is 18.1. The maximum absolute atomic E-state index is 12.5. The van der Waals surface area contributed by atoms with Gasteiger partial charge in [-0.25, -0.2) is 4.79 Å². The summed E-state index contributed by atoms with van der Waals surface area (Å²) in [6.07, 6.45) is 1.31. The fourth-order valence-electron chi connectivity index (χ4n) is 3.75. The molecule has 3 aromatic carbocycles. The first-order valence-electron chi connectivity index (χ1n) is 11.0. The average Bonchev–Trinajstić information content (AvgIpc) is 3.19. The van der Waals surface area contributed by atoms with Crippen LogP contribution < -0.4 is 15.4 Å². The Morgan fingerprint density at radius 3 is 2.37 bits per heavy atom. The predicted molar refractivity (Wildman–Crippen MR) is 141 cm³/mol. The van der Waals surface area contributed by atoms with Gasteiger partial charge in [-0.1, -0.05) is 35.3 Å². The van der Waals surface area contributed by atoms with Gasteiger partial charge in [-0.05, 0) is 73.0 Å². The van der Waals surface area contributed by atoms with Crippen LogP contribution in [-0.2, 0) is 19.9 Å². The highest BCUT2D eigenvalue weighted by molar-refractivity contribution is 6.36. The molecule has 0 unspecified atom stereocenters. The monoisotopic (exact) mass is 509 g/mol. The largest absolute Gasteiger partial charge is 0.495 e. The summed E-state index contributed by atoms with van der Waals surface area (Å²) in [6.45, 7) is 1.95. The molecule has 0 spiro atoms. The van der Waals surface area contributed by atoms with Crippen LogP contribution in [0.25, 0.3) is 11.4 Å². The fourth-order valence-corrected chi connectivity index (χ4v) is 4.33. The highest BCUT2D eigenvalue weighted by atomic mass is 35.5. The first kappa shape index (κ1) is 24.6. The fraction of sp³-hybridized carbons (Fsp3) is 0.192. The van der Waals surface area contributed by atoms with Gasteiger partial charge in [0, 0.05) is 34.8 Å². The van der Waals surface area contributed by atoms with Gasteiger partial charge < -0.3 is 19.9 Å². The molecule has 0 radical (unpaired) electrons. The molecule has 35 heavy (non-hydrogen) atoms. The molecule has 7 nitrogen and oxygen atoms in total. The minimum absolute atomic E-state index is 0.360. The van der Waals surface area contributed by atoms with Crippen LogP contribution in [0.3, 0.4) is 0 Å². The van der Waals surface area contributed by atoms with E-state index in [1.165, 1.54) is 0 Å². The Morgan fingerprint density at radius 1 is 0.971 bits per heavy atom. The maximum atomic E-state index is 12.5. The Hall–Kier alpha value is -3.55. The molecule has 1 heterocycles. The second-order valence-electron chi connectivity index (χ2n) is 8.06. The number of nitrogens with one attached hydrogen (secondary N) is 2. The predicted octanol–water partition coefficient (Wildman–Crippen LogP) is 6.54. The van der Waals surface area contributed by atoms with Crippen LogP contribution in [-0.4, -0.2) is 27.9 Å². The number of amides is 2. The van der Waals surface area contributed by atoms with E-state index in [4.69, 9.17) is 27.9 Å². The Bertz CT molecular complexity index is 1330. The zero-order valence-electron chi connectivity index (χ0n) is 19.6. The van der Waals surface area contributed by atoms with Crippen molar-refractivity contribution in [1.82, 2.24) is 14.8 Å². The van der Waals surface area contributed by atoms with Crippen molar-refractivity contribution in [3.8, 4) is 17.1 Å². The second kappa shape index (κ2) is 10.8. The number of aryl methyl sites for hydroxylation is 2. The van der Waals surface area contributed by atoms with Gasteiger partial charge in [-0.3, -0.25) is 0 Å². The van der Waals surface area contributed by atoms with E-state index < -0.39 is 0 Å². The molecule has 0 aliphatic heterocycles. The molecule has 4 rings (SSSR count). The molecule has 0 saturated carbocycles. The number of anilines is 2. The van der Waals surface area contributed by atoms with E-state index in [1.54, 1.807) is 7.11 Å². The first-order valence-corrected chi connectivity index (χ1v) is 11.8. The lowest BCUT2D eigenvalue weighted by Crippen LogP contribution is -2.19. The number of carbonyl (C=O) groups excluding carboxylic acids is 1. The van der Waals surface area contributed by atoms with Crippen molar-refractivity contribution in [1.29, 1.82) is 0 Å². The number of hydrogen-bond donors (Lipinski definition) is 2. The summed E-state index contributed by atoms with van der Waals surface area (Å²) in [5, 5.41) is 15.6. The zero-order chi connectivity index (χ0) is 24.9. The molecule has 0 fully saturated rings. The number of methoxy groups -OCH3 is 1. The van der Waals surface area contributed by atoms with Crippen molar-refractivity contribution < 1.29 is 9.53 Å². The van der Waals surface area contributed by atoms with Gasteiger partial charge in [0.25, 0.3) is 0 Å². The van der Waals surface area contributed by atoms with Crippen LogP contribution >= 0.6 is 23.2 Å². The van der Waals surface area contributed by atoms with E-state index in [2.05, 4.69) is 20.8 Å². The maximum Gasteiger partial charge on any atom is 0.323 e. The highest BCUT2D eigenvalue weighted by Gasteiger charge is 2.14. The van der Waals surface area contributed by atoms with Crippen molar-refractivity contribution >= 4 is 40.6 Å². The number of aromatic nitrogens is 3. The smallest absolute Gasteiger partial charge is 0.323 e. The van der Waals surface area contributed by atoms with Crippen LogP contribution in [0.4, 0.5) is 16.2 Å². The third-order valence-electron chi connectivity index (χ3n) is 5.63. The Kier molecular flexibility index (Phi) is 7.58. The van der Waals surface area contributed by atoms with Gasteiger partial charge in [0.05, 0.1) is 12.8 Å². The zero-order valence-corrected chi connectivity index (χ0v) is 21.1. The molecule has 9 heteroatoms. The lowest BCUT2D eigenvalue weighted by Gasteiger charge is -2.12. The number of nitrogens with zero attached hydrogens (tertiary/aromatic N) is 3. The SMILES string of the molecule is COc1ccc(C)cc1NC(=O)Nc1ccc(-c2nnc(CCc3c(Cl)cccc3Cl)n2C)cc1. The lowest BCUT2D eigenvalue weighted by molar-refractivity contribution is 0.262. The van der Waals surface area contributed by atoms with Crippen LogP contribution in [0.2, 0.25) is 10.0 Å². The molecule has 0 atom stereocenters. The number of benzene rings is 3. The number of ether oxygens (including phenoxy) is 1. The van der Waals surface area contributed by atoms with E-state index >= 15 is 0 Å². The molecule has 0 bridgehead atoms. The molecule has 2 N–H and O–H groups in total. The Labute approximate surface area is 214 Å². The molecule has 2 amide bonds. The summed E-state index contributed by atoms with van der Waals surface area (Å²) in [5.74, 6) is 2.14. The summed E-state index contributed by atoms with van der Waals surface area (Å²) in [5.41, 5.74) is 4.05. The molecular weight excluding hydrogens is 485 g/mol. The lowest BCUT2D eigenvalue weighted by atomic mass is 10.1. The Morgan fingerprint density at radius 2 is 1.69 bits per heavy atom. The number of halogens is 2. The summed E-state index contributed by atoms with van der Waals surface area (Å²) in [7, 11) is 3.49. The van der Waals surface area contributed by atoms with Gasteiger partial charge in [0.15, 0.2) is 5.82 Å². The number of hydrogen-bond acceptors (Lipinski definition) is 4. The second-order valence-corrected chi connectivity index (χ2v) is 8.87. The van der Waals surface area contributed by atoms with E-state index in [-0.39, 0.29) is 6.03 Å². The van der Waals surface area contributed by atoms with Gasteiger partial charge in [-0.2, -0.15) is 0 Å². The van der Waals surface area contributed by atoms with Crippen molar-refractivity contribution in [3.63, 3.8) is 0 Å². The Balaban J connectivity index is 1.41. The quantitative estimate of drug-likeness (QED) is 0.296. The minimum Gasteiger partial charge on any atom is -0.495 e. The molecule has 4 aromatic rings. The van der Waals surface area contributed by atoms with Gasteiger partial charge in [0.1, 0.15) is 11.6 Å². The number of carbonyl (C=O) groups is 1. The number of urea groups is 1. The molecule has 0 aliphatic carbocycles. The normalized spacial score (nSPS) is 10.8. The van der Waals surface area contributed by atoms with Gasteiger partial charge >= 0.3 is 6.03 Å². The standard InChI is InChI=1S/C26H25Cl2N5O2/c1-16-7-13-23(35-3)22(15-16)30-26(34)29-18-10-8-17(9-11-18)25-32-31-24(33(25)2)14-12-19-20(27)5-4-6-21(19)28/h4-11,13,15H,12,14H2,1-3H3,(H2,29,30,34). The third kappa shape index (κ3) is 5.75. The van der Waals surface area contributed by atoms with Crippen LogP contribution in [0.15, 0.2) is 60.7 Å². The highest BCUT2D eigenvalue weighted by Crippen LogP contribution is 2.27. The molecule has 180 valence electrons. The van der Waals surface area contributed by atoms with E-state index in [0.717, 1.165) is 28.3 Å². The van der Waals surface area contributed by atoms with E-state index in [0.29, 0.717) is 40.0 Å². The molecule has 0 aliphatic rings. The van der Waals surface area contributed by atoms with Gasteiger partial charge in [0.2, 0.25) is 0 Å². The first-order chi connectivity index (χ1) is 16.9. The topological polar surface area (TPSA) is 81.1 Å². The third-order valence-corrected chi connectivity index (χ3v) is 6.34. The minimum atomic E-state index is -0.360. The average molecular weight is 510 g/mol. The summed E-state index contributed by atoms with van der Waals surface area (Å²) >= 11 is 12.6. The van der Waals surface area contributed by atoms with Gasteiger partial charge in [-0.15, -0.1) is 10.2 Å². The van der Waals surface area contributed by atoms with Crippen molar-refractivity contribution in [3.05, 3.63) is 87.7 Å². The van der Waals surface area contributed by atoms with Crippen molar-refractivity contribution in [2.45, 2.75) is 19.8 Å². The molecule has 0 saturated heterocycles.